The Labute approximate surface area is 139 Å². The molecule has 2 aromatic rings. The maximum atomic E-state index is 13.4. The second-order valence-corrected chi connectivity index (χ2v) is 5.78. The molecule has 0 radical (unpaired) electrons. The van der Waals surface area contributed by atoms with Gasteiger partial charge in [0.05, 0.1) is 5.56 Å². The van der Waals surface area contributed by atoms with Crippen LogP contribution in [0.5, 0.6) is 0 Å². The summed E-state index contributed by atoms with van der Waals surface area (Å²) in [6.07, 6.45) is -1.68. The molecule has 0 saturated carbocycles. The molecule has 1 aliphatic rings. The first kappa shape index (κ1) is 17.2. The number of alkyl halides is 3. The van der Waals surface area contributed by atoms with Crippen LogP contribution in [0.15, 0.2) is 33.5 Å². The number of rotatable bonds is 2. The quantitative estimate of drug-likeness (QED) is 0.831. The predicted molar refractivity (Wildman–Crippen MR) is 81.0 cm³/mol. The lowest BCUT2D eigenvalue weighted by Crippen LogP contribution is -2.20. The fourth-order valence-electron chi connectivity index (χ4n) is 2.74. The molecule has 132 valence electrons. The van der Waals surface area contributed by atoms with Gasteiger partial charge in [-0.25, -0.2) is 9.18 Å². The summed E-state index contributed by atoms with van der Waals surface area (Å²) < 4.78 is 56.7. The zero-order valence-electron chi connectivity index (χ0n) is 12.9. The monoisotopic (exact) mass is 355 g/mol. The molecule has 1 aromatic heterocycles. The highest BCUT2D eigenvalue weighted by Gasteiger charge is 2.32. The third-order valence-corrected chi connectivity index (χ3v) is 3.95. The molecular weight excluding hydrogens is 342 g/mol. The first-order valence-electron chi connectivity index (χ1n) is 7.59. The normalized spacial score (nSPS) is 14.1. The van der Waals surface area contributed by atoms with Crippen LogP contribution in [0.3, 0.4) is 0 Å². The molecule has 0 aliphatic heterocycles. The van der Waals surface area contributed by atoms with Gasteiger partial charge in [0.15, 0.2) is 0 Å². The van der Waals surface area contributed by atoms with Crippen LogP contribution in [-0.4, -0.2) is 5.91 Å². The molecule has 1 aromatic carbocycles. The molecule has 25 heavy (non-hydrogen) atoms. The van der Waals surface area contributed by atoms with Crippen LogP contribution in [0.1, 0.15) is 40.1 Å². The van der Waals surface area contributed by atoms with Crippen LogP contribution in [0, 0.1) is 5.82 Å². The lowest BCUT2D eigenvalue weighted by atomic mass is 9.97. The molecule has 1 heterocycles. The van der Waals surface area contributed by atoms with E-state index in [0.717, 1.165) is 18.4 Å². The van der Waals surface area contributed by atoms with E-state index in [1.807, 2.05) is 0 Å². The molecule has 0 fully saturated rings. The fraction of sp³-hybridized carbons (Fsp3) is 0.294. The predicted octanol–water partition coefficient (Wildman–Crippen LogP) is 3.93. The van der Waals surface area contributed by atoms with Crippen molar-refractivity contribution in [3.63, 3.8) is 0 Å². The number of halogens is 4. The number of hydrogen-bond acceptors (Lipinski definition) is 3. The van der Waals surface area contributed by atoms with Crippen LogP contribution >= 0.6 is 0 Å². The van der Waals surface area contributed by atoms with E-state index in [1.54, 1.807) is 0 Å². The van der Waals surface area contributed by atoms with Crippen LogP contribution in [0.25, 0.3) is 0 Å². The maximum absolute atomic E-state index is 13.4. The number of amides is 1. The van der Waals surface area contributed by atoms with Gasteiger partial charge in [0.1, 0.15) is 17.3 Å². The molecule has 0 atom stereocenters. The highest BCUT2D eigenvalue weighted by Crippen LogP contribution is 2.30. The minimum atomic E-state index is -4.79. The second-order valence-electron chi connectivity index (χ2n) is 5.78. The summed E-state index contributed by atoms with van der Waals surface area (Å²) in [5, 5.41) is 2.20. The molecule has 8 heteroatoms. The Morgan fingerprint density at radius 2 is 1.80 bits per heavy atom. The van der Waals surface area contributed by atoms with Crippen LogP contribution in [0.2, 0.25) is 0 Å². The Kier molecular flexibility index (Phi) is 4.36. The molecular formula is C17H13F4NO3. The van der Waals surface area contributed by atoms with Gasteiger partial charge in [-0.05, 0) is 49.1 Å². The average molecular weight is 355 g/mol. The summed E-state index contributed by atoms with van der Waals surface area (Å²) in [5.41, 5.74) is -2.01. The Balaban J connectivity index is 1.90. The third kappa shape index (κ3) is 3.72. The molecule has 1 amide bonds. The minimum absolute atomic E-state index is 0.177. The summed E-state index contributed by atoms with van der Waals surface area (Å²) in [6, 6.07) is 2.95. The number of fused-ring (bicyclic) bond motifs is 1. The van der Waals surface area contributed by atoms with E-state index in [2.05, 4.69) is 5.32 Å². The van der Waals surface area contributed by atoms with Crippen molar-refractivity contribution >= 4 is 11.6 Å². The largest absolute Gasteiger partial charge is 0.426 e. The SMILES string of the molecule is O=C(Nc1cc2c(oc1=O)CCCC2)c1cc(F)cc(C(F)(F)F)c1. The van der Waals surface area contributed by atoms with Crippen molar-refractivity contribution in [3.05, 3.63) is 63.0 Å². The van der Waals surface area contributed by atoms with Gasteiger partial charge < -0.3 is 9.73 Å². The number of benzene rings is 1. The Morgan fingerprint density at radius 3 is 2.52 bits per heavy atom. The van der Waals surface area contributed by atoms with Crippen molar-refractivity contribution in [1.29, 1.82) is 0 Å². The van der Waals surface area contributed by atoms with E-state index in [-0.39, 0.29) is 5.69 Å². The van der Waals surface area contributed by atoms with Crippen molar-refractivity contribution in [2.24, 2.45) is 0 Å². The molecule has 0 bridgehead atoms. The average Bonchev–Trinajstić information content (AvgIpc) is 2.54. The first-order valence-corrected chi connectivity index (χ1v) is 7.59. The van der Waals surface area contributed by atoms with Gasteiger partial charge in [-0.1, -0.05) is 0 Å². The van der Waals surface area contributed by atoms with E-state index in [0.29, 0.717) is 36.8 Å². The lowest BCUT2D eigenvalue weighted by molar-refractivity contribution is -0.137. The highest BCUT2D eigenvalue weighted by molar-refractivity contribution is 6.04. The van der Waals surface area contributed by atoms with Gasteiger partial charge in [-0.2, -0.15) is 13.2 Å². The smallest absolute Gasteiger partial charge is 0.416 e. The molecule has 1 N–H and O–H groups in total. The summed E-state index contributed by atoms with van der Waals surface area (Å²) >= 11 is 0. The van der Waals surface area contributed by atoms with Crippen molar-refractivity contribution < 1.29 is 26.8 Å². The fourth-order valence-corrected chi connectivity index (χ4v) is 2.74. The Bertz CT molecular complexity index is 886. The van der Waals surface area contributed by atoms with E-state index in [9.17, 15) is 27.2 Å². The van der Waals surface area contributed by atoms with Crippen molar-refractivity contribution in [2.75, 3.05) is 5.32 Å². The van der Waals surface area contributed by atoms with Crippen LogP contribution < -0.4 is 10.9 Å². The van der Waals surface area contributed by atoms with Gasteiger partial charge in [0, 0.05) is 12.0 Å². The van der Waals surface area contributed by atoms with Gasteiger partial charge in [0.2, 0.25) is 0 Å². The molecule has 0 saturated heterocycles. The van der Waals surface area contributed by atoms with Crippen LogP contribution in [0.4, 0.5) is 23.2 Å². The van der Waals surface area contributed by atoms with Crippen LogP contribution in [-0.2, 0) is 19.0 Å². The number of aryl methyl sites for hydroxylation is 2. The van der Waals surface area contributed by atoms with Crippen molar-refractivity contribution in [2.45, 2.75) is 31.9 Å². The zero-order chi connectivity index (χ0) is 18.2. The second kappa shape index (κ2) is 6.34. The van der Waals surface area contributed by atoms with Crippen molar-refractivity contribution in [3.8, 4) is 0 Å². The summed E-state index contributed by atoms with van der Waals surface area (Å²) in [5.74, 6) is -1.66. The molecule has 1 aliphatic carbocycles. The summed E-state index contributed by atoms with van der Waals surface area (Å²) in [7, 11) is 0. The number of carbonyl (C=O) groups is 1. The highest BCUT2D eigenvalue weighted by atomic mass is 19.4. The maximum Gasteiger partial charge on any atom is 0.416 e. The Hall–Kier alpha value is -2.64. The number of carbonyl (C=O) groups excluding carboxylic acids is 1. The molecule has 4 nitrogen and oxygen atoms in total. The van der Waals surface area contributed by atoms with Gasteiger partial charge in [-0.15, -0.1) is 0 Å². The van der Waals surface area contributed by atoms with Gasteiger partial charge in [0.25, 0.3) is 5.91 Å². The standard InChI is InChI=1S/C17H13F4NO3/c18-12-6-10(5-11(8-12)17(19,20)21)15(23)22-13-7-9-3-1-2-4-14(9)25-16(13)24/h5-8H,1-4H2,(H,22,23). The lowest BCUT2D eigenvalue weighted by Gasteiger charge is -2.15. The number of anilines is 1. The first-order chi connectivity index (χ1) is 11.7. The van der Waals surface area contributed by atoms with Crippen molar-refractivity contribution in [1.82, 2.24) is 0 Å². The third-order valence-electron chi connectivity index (χ3n) is 3.95. The van der Waals surface area contributed by atoms with E-state index < -0.39 is 34.7 Å². The Morgan fingerprint density at radius 1 is 1.08 bits per heavy atom. The van der Waals surface area contributed by atoms with Gasteiger partial charge >= 0.3 is 11.8 Å². The number of hydrogen-bond donors (Lipinski definition) is 1. The molecule has 3 rings (SSSR count). The molecule has 0 spiro atoms. The zero-order valence-corrected chi connectivity index (χ0v) is 12.9. The topological polar surface area (TPSA) is 59.3 Å². The van der Waals surface area contributed by atoms with E-state index in [4.69, 9.17) is 4.42 Å². The minimum Gasteiger partial charge on any atom is -0.426 e. The summed E-state index contributed by atoms with van der Waals surface area (Å²) in [4.78, 5) is 24.1. The van der Waals surface area contributed by atoms with E-state index in [1.165, 1.54) is 6.07 Å². The van der Waals surface area contributed by atoms with E-state index >= 15 is 0 Å². The van der Waals surface area contributed by atoms with Gasteiger partial charge in [-0.3, -0.25) is 4.79 Å². The number of nitrogens with one attached hydrogen (secondary N) is 1. The summed E-state index contributed by atoms with van der Waals surface area (Å²) in [6.45, 7) is 0. The molecule has 0 unspecified atom stereocenters.